The van der Waals surface area contributed by atoms with Crippen molar-refractivity contribution in [1.82, 2.24) is 10.2 Å². The van der Waals surface area contributed by atoms with Crippen molar-refractivity contribution >= 4 is 10.8 Å². The average molecular weight is 465 g/mol. The van der Waals surface area contributed by atoms with Gasteiger partial charge in [0, 0.05) is 25.0 Å². The molecule has 0 aromatic heterocycles. The summed E-state index contributed by atoms with van der Waals surface area (Å²) in [5.41, 5.74) is 4.19. The molecule has 1 aliphatic rings. The van der Waals surface area contributed by atoms with Gasteiger partial charge in [-0.15, -0.1) is 0 Å². The maximum absolute atomic E-state index is 5.33. The first-order chi connectivity index (χ1) is 17.2. The van der Waals surface area contributed by atoms with Gasteiger partial charge in [0.25, 0.3) is 0 Å². The van der Waals surface area contributed by atoms with Crippen LogP contribution in [0.3, 0.4) is 0 Å². The van der Waals surface area contributed by atoms with E-state index in [0.717, 1.165) is 31.9 Å². The SMILES string of the molecule is COc1ccc(CN2CCC(CN[C@H](C)c3cccc4ccccc34)C(c3ccccc3)C2)cc1. The van der Waals surface area contributed by atoms with Gasteiger partial charge < -0.3 is 10.1 Å². The van der Waals surface area contributed by atoms with Crippen molar-refractivity contribution < 1.29 is 4.74 Å². The number of rotatable bonds is 8. The Balaban J connectivity index is 1.28. The van der Waals surface area contributed by atoms with Gasteiger partial charge in [-0.3, -0.25) is 4.90 Å². The van der Waals surface area contributed by atoms with Crippen molar-refractivity contribution in [1.29, 1.82) is 0 Å². The smallest absolute Gasteiger partial charge is 0.118 e. The molecule has 180 valence electrons. The molecule has 0 bridgehead atoms. The van der Waals surface area contributed by atoms with Crippen LogP contribution in [0.5, 0.6) is 5.75 Å². The first kappa shape index (κ1) is 23.6. The van der Waals surface area contributed by atoms with Crippen molar-refractivity contribution in [3.8, 4) is 5.75 Å². The molecule has 1 fully saturated rings. The summed E-state index contributed by atoms with van der Waals surface area (Å²) in [4.78, 5) is 2.62. The fourth-order valence-corrected chi connectivity index (χ4v) is 5.59. The maximum atomic E-state index is 5.33. The van der Waals surface area contributed by atoms with Crippen LogP contribution >= 0.6 is 0 Å². The molecule has 35 heavy (non-hydrogen) atoms. The number of benzene rings is 4. The van der Waals surface area contributed by atoms with Gasteiger partial charge in [0.05, 0.1) is 7.11 Å². The summed E-state index contributed by atoms with van der Waals surface area (Å²) < 4.78 is 5.33. The van der Waals surface area contributed by atoms with Crippen LogP contribution in [0.25, 0.3) is 10.8 Å². The second-order valence-electron chi connectivity index (χ2n) is 9.85. The first-order valence-corrected chi connectivity index (χ1v) is 12.8. The molecule has 1 aliphatic heterocycles. The minimum Gasteiger partial charge on any atom is -0.497 e. The molecule has 1 N–H and O–H groups in total. The highest BCUT2D eigenvalue weighted by Crippen LogP contribution is 2.34. The highest BCUT2D eigenvalue weighted by Gasteiger charge is 2.30. The van der Waals surface area contributed by atoms with Crippen LogP contribution in [0.4, 0.5) is 0 Å². The average Bonchev–Trinajstić information content (AvgIpc) is 2.92. The number of likely N-dealkylation sites (tertiary alicyclic amines) is 1. The Morgan fingerprint density at radius 1 is 0.886 bits per heavy atom. The second-order valence-corrected chi connectivity index (χ2v) is 9.85. The van der Waals surface area contributed by atoms with E-state index in [0.29, 0.717) is 17.9 Å². The summed E-state index contributed by atoms with van der Waals surface area (Å²) in [6, 6.07) is 35.3. The van der Waals surface area contributed by atoms with Crippen LogP contribution < -0.4 is 10.1 Å². The van der Waals surface area contributed by atoms with E-state index in [4.69, 9.17) is 4.74 Å². The Kier molecular flexibility index (Phi) is 7.46. The predicted octanol–water partition coefficient (Wildman–Crippen LogP) is 6.80. The molecule has 2 unspecified atom stereocenters. The molecule has 3 heteroatoms. The Labute approximate surface area is 209 Å². The van der Waals surface area contributed by atoms with Gasteiger partial charge in [-0.25, -0.2) is 0 Å². The van der Waals surface area contributed by atoms with Gasteiger partial charge in [0.2, 0.25) is 0 Å². The third-order valence-corrected chi connectivity index (χ3v) is 7.61. The van der Waals surface area contributed by atoms with E-state index < -0.39 is 0 Å². The second kappa shape index (κ2) is 11.1. The van der Waals surface area contributed by atoms with Crippen LogP contribution in [-0.4, -0.2) is 31.6 Å². The summed E-state index contributed by atoms with van der Waals surface area (Å²) in [5.74, 6) is 2.05. The number of nitrogens with zero attached hydrogens (tertiary/aromatic N) is 1. The third-order valence-electron chi connectivity index (χ3n) is 7.61. The highest BCUT2D eigenvalue weighted by atomic mass is 16.5. The lowest BCUT2D eigenvalue weighted by Gasteiger charge is -2.39. The molecular formula is C32H36N2O. The zero-order chi connectivity index (χ0) is 24.0. The van der Waals surface area contributed by atoms with E-state index in [1.165, 1.54) is 33.9 Å². The summed E-state index contributed by atoms with van der Waals surface area (Å²) in [6.07, 6.45) is 1.20. The molecule has 0 aliphatic carbocycles. The molecule has 4 aromatic rings. The van der Waals surface area contributed by atoms with Crippen LogP contribution in [0.1, 0.15) is 42.0 Å². The van der Waals surface area contributed by atoms with Crippen molar-refractivity contribution in [2.45, 2.75) is 31.8 Å². The van der Waals surface area contributed by atoms with Crippen LogP contribution in [0.15, 0.2) is 97.1 Å². The van der Waals surface area contributed by atoms with Gasteiger partial charge in [0.1, 0.15) is 5.75 Å². The molecule has 0 radical (unpaired) electrons. The van der Waals surface area contributed by atoms with Gasteiger partial charge in [-0.05, 0) is 71.9 Å². The summed E-state index contributed by atoms with van der Waals surface area (Å²) in [6.45, 7) is 6.54. The van der Waals surface area contributed by atoms with Crippen LogP contribution in [0.2, 0.25) is 0 Å². The number of hydrogen-bond acceptors (Lipinski definition) is 3. The number of ether oxygens (including phenoxy) is 1. The van der Waals surface area contributed by atoms with E-state index in [1.54, 1.807) is 7.11 Å². The lowest BCUT2D eigenvalue weighted by Crippen LogP contribution is -2.42. The Hall–Kier alpha value is -3.14. The summed E-state index contributed by atoms with van der Waals surface area (Å²) >= 11 is 0. The monoisotopic (exact) mass is 464 g/mol. The van der Waals surface area contributed by atoms with Gasteiger partial charge in [-0.1, -0.05) is 84.9 Å². The fourth-order valence-electron chi connectivity index (χ4n) is 5.59. The van der Waals surface area contributed by atoms with Crippen molar-refractivity contribution in [3.63, 3.8) is 0 Å². The number of methoxy groups -OCH3 is 1. The molecule has 3 atom stereocenters. The van der Waals surface area contributed by atoms with E-state index in [-0.39, 0.29) is 0 Å². The zero-order valence-electron chi connectivity index (χ0n) is 20.9. The van der Waals surface area contributed by atoms with Crippen LogP contribution in [0, 0.1) is 5.92 Å². The molecule has 1 heterocycles. The minimum absolute atomic E-state index is 0.315. The number of hydrogen-bond donors (Lipinski definition) is 1. The number of fused-ring (bicyclic) bond motifs is 1. The topological polar surface area (TPSA) is 24.5 Å². The quantitative estimate of drug-likeness (QED) is 0.310. The Morgan fingerprint density at radius 3 is 2.43 bits per heavy atom. The van der Waals surface area contributed by atoms with E-state index in [9.17, 15) is 0 Å². The minimum atomic E-state index is 0.315. The summed E-state index contributed by atoms with van der Waals surface area (Å²) in [7, 11) is 1.72. The Morgan fingerprint density at radius 2 is 1.63 bits per heavy atom. The highest BCUT2D eigenvalue weighted by molar-refractivity contribution is 5.86. The van der Waals surface area contributed by atoms with Crippen molar-refractivity contribution in [3.05, 3.63) is 114 Å². The normalized spacial score (nSPS) is 19.5. The summed E-state index contributed by atoms with van der Waals surface area (Å²) in [5, 5.41) is 6.57. The van der Waals surface area contributed by atoms with Gasteiger partial charge in [-0.2, -0.15) is 0 Å². The third kappa shape index (κ3) is 5.58. The van der Waals surface area contributed by atoms with Crippen molar-refractivity contribution in [2.24, 2.45) is 5.92 Å². The molecule has 1 saturated heterocycles. The number of nitrogens with one attached hydrogen (secondary N) is 1. The lowest BCUT2D eigenvalue weighted by atomic mass is 9.80. The van der Waals surface area contributed by atoms with E-state index >= 15 is 0 Å². The van der Waals surface area contributed by atoms with Crippen LogP contribution in [-0.2, 0) is 6.54 Å². The zero-order valence-corrected chi connectivity index (χ0v) is 20.9. The molecule has 0 saturated carbocycles. The molecule has 5 rings (SSSR count). The van der Waals surface area contributed by atoms with E-state index in [1.807, 2.05) is 0 Å². The van der Waals surface area contributed by atoms with E-state index in [2.05, 4.69) is 114 Å². The molecule has 0 spiro atoms. The maximum Gasteiger partial charge on any atom is 0.118 e. The molecule has 0 amide bonds. The standard InChI is InChI=1S/C32H36N2O/c1-24(30-14-8-12-26-11-6-7-13-31(26)30)33-21-28-19-20-34(22-25-15-17-29(35-2)18-16-25)23-32(28)27-9-4-3-5-10-27/h3-18,24,28,32-33H,19-23H2,1-2H3/t24-,28?,32?/m1/s1. The first-order valence-electron chi connectivity index (χ1n) is 12.8. The molecule has 3 nitrogen and oxygen atoms in total. The van der Waals surface area contributed by atoms with Gasteiger partial charge >= 0.3 is 0 Å². The number of piperidine rings is 1. The molecule has 4 aromatic carbocycles. The largest absolute Gasteiger partial charge is 0.497 e. The molecular weight excluding hydrogens is 428 g/mol. The lowest BCUT2D eigenvalue weighted by molar-refractivity contribution is 0.148. The van der Waals surface area contributed by atoms with Crippen molar-refractivity contribution in [2.75, 3.05) is 26.7 Å². The Bertz CT molecular complexity index is 1220. The van der Waals surface area contributed by atoms with Gasteiger partial charge in [0.15, 0.2) is 0 Å². The predicted molar refractivity (Wildman–Crippen MR) is 146 cm³/mol. The fraction of sp³-hybridized carbons (Fsp3) is 0.312.